The van der Waals surface area contributed by atoms with Crippen molar-refractivity contribution in [3.05, 3.63) is 59.2 Å². The van der Waals surface area contributed by atoms with Crippen LogP contribution < -0.4 is 14.8 Å². The molecule has 2 aromatic rings. The van der Waals surface area contributed by atoms with Gasteiger partial charge in [-0.25, -0.2) is 4.79 Å². The van der Waals surface area contributed by atoms with Gasteiger partial charge in [-0.3, -0.25) is 14.5 Å². The minimum atomic E-state index is -1.21. The van der Waals surface area contributed by atoms with Crippen molar-refractivity contribution in [1.82, 2.24) is 15.1 Å². The molecule has 2 saturated heterocycles. The van der Waals surface area contributed by atoms with Crippen LogP contribution in [0.4, 0.5) is 4.79 Å². The van der Waals surface area contributed by atoms with E-state index < -0.39 is 17.5 Å². The zero-order chi connectivity index (χ0) is 25.7. The number of carbonyl (C=O) groups excluding carboxylic acids is 3. The monoisotopic (exact) mass is 491 g/mol. The lowest BCUT2D eigenvalue weighted by Crippen LogP contribution is -2.44. The maximum absolute atomic E-state index is 13.4. The first-order valence-electron chi connectivity index (χ1n) is 12.5. The predicted molar refractivity (Wildman–Crippen MR) is 134 cm³/mol. The van der Waals surface area contributed by atoms with Crippen LogP contribution in [0.15, 0.2) is 42.5 Å². The summed E-state index contributed by atoms with van der Waals surface area (Å²) >= 11 is 0. The van der Waals surface area contributed by atoms with Crippen molar-refractivity contribution in [2.24, 2.45) is 0 Å². The molecular weight excluding hydrogens is 458 g/mol. The first-order valence-corrected chi connectivity index (χ1v) is 12.5. The molecule has 0 saturated carbocycles. The summed E-state index contributed by atoms with van der Waals surface area (Å²) < 4.78 is 11.3. The van der Waals surface area contributed by atoms with E-state index in [1.165, 1.54) is 0 Å². The van der Waals surface area contributed by atoms with Crippen molar-refractivity contribution in [3.8, 4) is 11.5 Å². The van der Waals surface area contributed by atoms with Crippen LogP contribution in [-0.4, -0.2) is 53.9 Å². The summed E-state index contributed by atoms with van der Waals surface area (Å²) in [6.45, 7) is 9.36. The number of nitrogens with zero attached hydrogens (tertiary/aromatic N) is 2. The van der Waals surface area contributed by atoms with E-state index >= 15 is 0 Å². The number of amides is 4. The molecule has 2 fully saturated rings. The molecule has 3 heterocycles. The molecule has 2 unspecified atom stereocenters. The van der Waals surface area contributed by atoms with Crippen LogP contribution in [-0.2, 0) is 20.5 Å². The first kappa shape index (κ1) is 24.2. The van der Waals surface area contributed by atoms with Crippen LogP contribution in [0.5, 0.6) is 11.5 Å². The largest absolute Gasteiger partial charge is 0.486 e. The number of likely N-dealkylation sites (tertiary alicyclic amines) is 1. The highest BCUT2D eigenvalue weighted by Crippen LogP contribution is 2.38. The number of hydrogen-bond acceptors (Lipinski definition) is 5. The minimum absolute atomic E-state index is 0.0235. The summed E-state index contributed by atoms with van der Waals surface area (Å²) in [6.07, 6.45) is 1.66. The molecule has 0 bridgehead atoms. The Bertz CT molecular complexity index is 1200. The zero-order valence-corrected chi connectivity index (χ0v) is 21.3. The molecule has 2 atom stereocenters. The third-order valence-corrected chi connectivity index (χ3v) is 7.42. The van der Waals surface area contributed by atoms with Gasteiger partial charge in [-0.15, -0.1) is 0 Å². The Hall–Kier alpha value is -3.55. The Kier molecular flexibility index (Phi) is 5.93. The maximum Gasteiger partial charge on any atom is 0.325 e. The van der Waals surface area contributed by atoms with Gasteiger partial charge in [-0.2, -0.15) is 0 Å². The van der Waals surface area contributed by atoms with Gasteiger partial charge in [0, 0.05) is 6.54 Å². The summed E-state index contributed by atoms with van der Waals surface area (Å²) in [5, 5.41) is 2.81. The van der Waals surface area contributed by atoms with Crippen molar-refractivity contribution in [3.63, 3.8) is 0 Å². The van der Waals surface area contributed by atoms with E-state index in [0.717, 1.165) is 28.9 Å². The molecule has 5 rings (SSSR count). The molecule has 2 aromatic carbocycles. The Morgan fingerprint density at radius 1 is 1.06 bits per heavy atom. The SMILES string of the molecule is CC(C)(C)c1ccc(C2(C)NC(=O)N(CC(=O)N3CCCC3c3ccc4c(c3)OCCO4)C2=O)cc1. The molecule has 8 heteroatoms. The fourth-order valence-electron chi connectivity index (χ4n) is 5.24. The van der Waals surface area contributed by atoms with Gasteiger partial charge in [0.25, 0.3) is 5.91 Å². The van der Waals surface area contributed by atoms with Crippen molar-refractivity contribution < 1.29 is 23.9 Å². The average Bonchev–Trinajstić information content (AvgIpc) is 3.43. The second kappa shape index (κ2) is 8.84. The summed E-state index contributed by atoms with van der Waals surface area (Å²) in [5.74, 6) is 0.720. The number of fused-ring (bicyclic) bond motifs is 1. The third kappa shape index (κ3) is 4.18. The number of rotatable bonds is 4. The van der Waals surface area contributed by atoms with Gasteiger partial charge in [0.1, 0.15) is 25.3 Å². The molecule has 0 aliphatic carbocycles. The van der Waals surface area contributed by atoms with Gasteiger partial charge in [0.05, 0.1) is 6.04 Å². The fourth-order valence-corrected chi connectivity index (χ4v) is 5.24. The molecule has 0 radical (unpaired) electrons. The minimum Gasteiger partial charge on any atom is -0.486 e. The molecule has 0 spiro atoms. The molecular formula is C28H33N3O5. The number of urea groups is 1. The Labute approximate surface area is 211 Å². The van der Waals surface area contributed by atoms with Crippen LogP contribution in [0.3, 0.4) is 0 Å². The highest BCUT2D eigenvalue weighted by Gasteiger charge is 2.50. The normalized spacial score (nSPS) is 23.7. The van der Waals surface area contributed by atoms with E-state index in [0.29, 0.717) is 36.8 Å². The Balaban J connectivity index is 1.32. The van der Waals surface area contributed by atoms with Gasteiger partial charge < -0.3 is 19.7 Å². The lowest BCUT2D eigenvalue weighted by atomic mass is 9.84. The smallest absolute Gasteiger partial charge is 0.325 e. The van der Waals surface area contributed by atoms with Gasteiger partial charge >= 0.3 is 6.03 Å². The van der Waals surface area contributed by atoms with E-state index in [4.69, 9.17) is 9.47 Å². The van der Waals surface area contributed by atoms with E-state index in [2.05, 4.69) is 26.1 Å². The second-order valence-corrected chi connectivity index (χ2v) is 10.9. The van der Waals surface area contributed by atoms with E-state index in [9.17, 15) is 14.4 Å². The number of benzene rings is 2. The van der Waals surface area contributed by atoms with Crippen molar-refractivity contribution in [1.29, 1.82) is 0 Å². The zero-order valence-electron chi connectivity index (χ0n) is 21.3. The van der Waals surface area contributed by atoms with Crippen molar-refractivity contribution >= 4 is 17.8 Å². The standard InChI is InChI=1S/C28H33N3O5/c1-27(2,3)19-8-10-20(11-9-19)28(4)25(33)31(26(34)29-28)17-24(32)30-13-5-6-21(30)18-7-12-22-23(16-18)36-15-14-35-22/h7-12,16,21H,5-6,13-15,17H2,1-4H3,(H,29,34). The molecule has 3 aliphatic heterocycles. The summed E-state index contributed by atoms with van der Waals surface area (Å²) in [5.41, 5.74) is 1.56. The average molecular weight is 492 g/mol. The molecule has 4 amide bonds. The van der Waals surface area contributed by atoms with Crippen LogP contribution in [0.25, 0.3) is 0 Å². The Morgan fingerprint density at radius 2 is 1.75 bits per heavy atom. The number of carbonyl (C=O) groups is 3. The lowest BCUT2D eigenvalue weighted by Gasteiger charge is -2.28. The molecule has 190 valence electrons. The molecule has 36 heavy (non-hydrogen) atoms. The second-order valence-electron chi connectivity index (χ2n) is 10.9. The molecule has 0 aromatic heterocycles. The molecule has 3 aliphatic rings. The van der Waals surface area contributed by atoms with Gasteiger partial charge in [-0.1, -0.05) is 51.1 Å². The van der Waals surface area contributed by atoms with Gasteiger partial charge in [-0.05, 0) is 54.0 Å². The highest BCUT2D eigenvalue weighted by atomic mass is 16.6. The molecule has 8 nitrogen and oxygen atoms in total. The highest BCUT2D eigenvalue weighted by molar-refractivity contribution is 6.09. The predicted octanol–water partition coefficient (Wildman–Crippen LogP) is 3.89. The van der Waals surface area contributed by atoms with Crippen LogP contribution >= 0.6 is 0 Å². The van der Waals surface area contributed by atoms with Crippen molar-refractivity contribution in [2.75, 3.05) is 26.3 Å². The van der Waals surface area contributed by atoms with Crippen LogP contribution in [0, 0.1) is 0 Å². The topological polar surface area (TPSA) is 88.2 Å². The summed E-state index contributed by atoms with van der Waals surface area (Å²) in [7, 11) is 0. The van der Waals surface area contributed by atoms with Crippen LogP contribution in [0.1, 0.15) is 63.3 Å². The van der Waals surface area contributed by atoms with E-state index in [-0.39, 0.29) is 23.9 Å². The van der Waals surface area contributed by atoms with Crippen molar-refractivity contribution in [2.45, 2.75) is 57.5 Å². The lowest BCUT2D eigenvalue weighted by molar-refractivity contribution is -0.139. The van der Waals surface area contributed by atoms with Gasteiger partial charge in [0.2, 0.25) is 5.91 Å². The fraction of sp³-hybridized carbons (Fsp3) is 0.464. The number of imide groups is 1. The van der Waals surface area contributed by atoms with E-state index in [1.54, 1.807) is 11.8 Å². The van der Waals surface area contributed by atoms with Gasteiger partial charge in [0.15, 0.2) is 11.5 Å². The quantitative estimate of drug-likeness (QED) is 0.656. The number of nitrogens with one attached hydrogen (secondary N) is 1. The summed E-state index contributed by atoms with van der Waals surface area (Å²) in [4.78, 5) is 42.4. The summed E-state index contributed by atoms with van der Waals surface area (Å²) in [6, 6.07) is 12.8. The van der Waals surface area contributed by atoms with E-state index in [1.807, 2.05) is 42.5 Å². The first-order chi connectivity index (χ1) is 17.1. The maximum atomic E-state index is 13.4. The van der Waals surface area contributed by atoms with Crippen LogP contribution in [0.2, 0.25) is 0 Å². The number of ether oxygens (including phenoxy) is 2. The molecule has 1 N–H and O–H groups in total. The Morgan fingerprint density at radius 3 is 2.44 bits per heavy atom. The number of hydrogen-bond donors (Lipinski definition) is 1. The third-order valence-electron chi connectivity index (χ3n) is 7.42.